The lowest BCUT2D eigenvalue weighted by atomic mass is 9.72. The van der Waals surface area contributed by atoms with Gasteiger partial charge in [-0.1, -0.05) is 13.8 Å². The predicted molar refractivity (Wildman–Crippen MR) is 138 cm³/mol. The molecule has 38 heavy (non-hydrogen) atoms. The van der Waals surface area contributed by atoms with Crippen molar-refractivity contribution in [2.75, 3.05) is 13.2 Å². The average molecular weight is 539 g/mol. The van der Waals surface area contributed by atoms with E-state index in [1.54, 1.807) is 0 Å². The normalized spacial score (nSPS) is 35.6. The Hall–Kier alpha value is -1.84. The fraction of sp³-hybridized carbons (Fsp3) is 0.862. The highest BCUT2D eigenvalue weighted by Crippen LogP contribution is 2.57. The number of esters is 2. The second-order valence-corrected chi connectivity index (χ2v) is 11.8. The van der Waals surface area contributed by atoms with Crippen LogP contribution in [0.5, 0.6) is 0 Å². The second kappa shape index (κ2) is 12.1. The Morgan fingerprint density at radius 1 is 0.763 bits per heavy atom. The molecule has 3 heterocycles. The largest absolute Gasteiger partial charge is 0.465 e. The molecule has 4 fully saturated rings. The van der Waals surface area contributed by atoms with Gasteiger partial charge in [0.15, 0.2) is 0 Å². The molecular formula is C29H46O9. The van der Waals surface area contributed by atoms with Gasteiger partial charge in [-0.05, 0) is 73.1 Å². The molecule has 0 bridgehead atoms. The summed E-state index contributed by atoms with van der Waals surface area (Å²) in [5, 5.41) is 0. The first-order valence-electron chi connectivity index (χ1n) is 14.2. The van der Waals surface area contributed by atoms with Crippen molar-refractivity contribution in [3.63, 3.8) is 0 Å². The van der Waals surface area contributed by atoms with Crippen LogP contribution in [0.15, 0.2) is 0 Å². The fourth-order valence-corrected chi connectivity index (χ4v) is 5.64. The van der Waals surface area contributed by atoms with Crippen molar-refractivity contribution in [2.45, 2.75) is 135 Å². The number of epoxide rings is 3. The van der Waals surface area contributed by atoms with Crippen molar-refractivity contribution in [3.8, 4) is 0 Å². The van der Waals surface area contributed by atoms with E-state index in [0.717, 1.165) is 25.7 Å². The first-order valence-corrected chi connectivity index (χ1v) is 14.2. The molecule has 7 atom stereocenters. The molecule has 0 amide bonds. The number of carbonyl (C=O) groups excluding carboxylic acids is 4. The van der Waals surface area contributed by atoms with Crippen molar-refractivity contribution in [1.82, 2.24) is 0 Å². The molecule has 7 unspecified atom stereocenters. The first kappa shape index (κ1) is 30.7. The van der Waals surface area contributed by atoms with Crippen molar-refractivity contribution in [3.05, 3.63) is 0 Å². The first-order chi connectivity index (χ1) is 17.9. The summed E-state index contributed by atoms with van der Waals surface area (Å²) in [6, 6.07) is 0. The fourth-order valence-electron chi connectivity index (χ4n) is 5.64. The van der Waals surface area contributed by atoms with Crippen molar-refractivity contribution in [1.29, 1.82) is 0 Å². The number of carbonyl (C=O) groups is 4. The third-order valence-corrected chi connectivity index (χ3v) is 8.36. The van der Waals surface area contributed by atoms with E-state index in [1.807, 2.05) is 13.8 Å². The van der Waals surface area contributed by atoms with Gasteiger partial charge in [0, 0.05) is 12.8 Å². The van der Waals surface area contributed by atoms with Gasteiger partial charge in [-0.15, -0.1) is 0 Å². The Morgan fingerprint density at radius 3 is 1.82 bits per heavy atom. The van der Waals surface area contributed by atoms with Crippen LogP contribution >= 0.6 is 0 Å². The van der Waals surface area contributed by atoms with E-state index in [9.17, 15) is 19.2 Å². The predicted octanol–water partition coefficient (Wildman–Crippen LogP) is 4.12. The van der Waals surface area contributed by atoms with E-state index in [1.165, 1.54) is 13.8 Å². The van der Waals surface area contributed by atoms with E-state index in [0.29, 0.717) is 18.9 Å². The summed E-state index contributed by atoms with van der Waals surface area (Å²) >= 11 is 0. The molecule has 0 aromatic carbocycles. The summed E-state index contributed by atoms with van der Waals surface area (Å²) in [5.74, 6) is -2.54. The molecule has 9 heteroatoms. The van der Waals surface area contributed by atoms with Crippen LogP contribution in [0.3, 0.4) is 0 Å². The van der Waals surface area contributed by atoms with Gasteiger partial charge < -0.3 is 23.7 Å². The molecule has 3 saturated heterocycles. The SMILES string of the molecule is CC.CC(=O)CCOC(=O)C1CC2OC2(CCC2OC2(C)CCC2OC2(C)C)CC1C(=O)OCCC(C)=O. The molecule has 0 aromatic rings. The monoisotopic (exact) mass is 538 g/mol. The number of fused-ring (bicyclic) bond motifs is 1. The summed E-state index contributed by atoms with van der Waals surface area (Å²) in [5.41, 5.74) is -0.630. The Balaban J connectivity index is 0.00000195. The summed E-state index contributed by atoms with van der Waals surface area (Å²) in [4.78, 5) is 48.2. The number of hydrogen-bond donors (Lipinski definition) is 0. The summed E-state index contributed by atoms with van der Waals surface area (Å²) in [6.45, 7) is 13.2. The maximum atomic E-state index is 13.0. The molecule has 216 valence electrons. The number of Topliss-reactive ketones (excluding diaryl/α,β-unsaturated/α-hetero) is 2. The molecule has 1 saturated carbocycles. The number of rotatable bonds is 14. The zero-order valence-corrected chi connectivity index (χ0v) is 24.1. The van der Waals surface area contributed by atoms with Crippen molar-refractivity contribution >= 4 is 23.5 Å². The summed E-state index contributed by atoms with van der Waals surface area (Å²) < 4.78 is 28.5. The second-order valence-electron chi connectivity index (χ2n) is 11.8. The highest BCUT2D eigenvalue weighted by atomic mass is 16.6. The highest BCUT2D eigenvalue weighted by Gasteiger charge is 2.65. The molecule has 4 aliphatic rings. The lowest BCUT2D eigenvalue weighted by Crippen LogP contribution is -2.42. The number of ketones is 2. The topological polar surface area (TPSA) is 124 Å². The van der Waals surface area contributed by atoms with E-state index in [-0.39, 0.29) is 61.0 Å². The molecule has 1 aliphatic carbocycles. The zero-order chi connectivity index (χ0) is 28.3. The van der Waals surface area contributed by atoms with E-state index in [4.69, 9.17) is 23.7 Å². The van der Waals surface area contributed by atoms with Gasteiger partial charge in [-0.25, -0.2) is 0 Å². The molecule has 9 nitrogen and oxygen atoms in total. The Labute approximate surface area is 226 Å². The van der Waals surface area contributed by atoms with Gasteiger partial charge in [0.2, 0.25) is 0 Å². The van der Waals surface area contributed by atoms with Crippen LogP contribution in [-0.4, -0.2) is 71.8 Å². The number of ether oxygens (including phenoxy) is 5. The van der Waals surface area contributed by atoms with E-state index in [2.05, 4.69) is 20.8 Å². The van der Waals surface area contributed by atoms with Gasteiger partial charge >= 0.3 is 11.9 Å². The third-order valence-electron chi connectivity index (χ3n) is 8.36. The Morgan fingerprint density at radius 2 is 1.29 bits per heavy atom. The molecule has 0 N–H and O–H groups in total. The minimum Gasteiger partial charge on any atom is -0.465 e. The van der Waals surface area contributed by atoms with E-state index >= 15 is 0 Å². The van der Waals surface area contributed by atoms with Crippen LogP contribution in [0.2, 0.25) is 0 Å². The Kier molecular flexibility index (Phi) is 9.80. The van der Waals surface area contributed by atoms with E-state index < -0.39 is 29.4 Å². The van der Waals surface area contributed by atoms with Crippen LogP contribution < -0.4 is 0 Å². The van der Waals surface area contributed by atoms with Crippen LogP contribution in [-0.2, 0) is 42.9 Å². The lowest BCUT2D eigenvalue weighted by molar-refractivity contribution is -0.163. The standard InChI is InChI=1S/C27H40O9.C2H6/c1-16(28)8-12-32-23(30)18-14-22-27(36-22,15-19(18)24(31)33-13-9-17(2)29)11-7-21-26(5,35-21)10-6-20-25(3,4)34-20;1-2/h18-22H,6-15H2,1-5H3;1-2H3. The minimum atomic E-state index is -0.707. The van der Waals surface area contributed by atoms with Gasteiger partial charge in [0.1, 0.15) is 11.6 Å². The van der Waals surface area contributed by atoms with Crippen LogP contribution in [0.1, 0.15) is 99.8 Å². The smallest absolute Gasteiger partial charge is 0.309 e. The summed E-state index contributed by atoms with van der Waals surface area (Å²) in [7, 11) is 0. The average Bonchev–Trinajstić information content (AvgIpc) is 3.79. The molecule has 4 rings (SSSR count). The molecule has 3 aliphatic heterocycles. The quantitative estimate of drug-likeness (QED) is 0.237. The van der Waals surface area contributed by atoms with Gasteiger partial charge in [0.25, 0.3) is 0 Å². The number of hydrogen-bond acceptors (Lipinski definition) is 9. The Bertz CT molecular complexity index is 898. The lowest BCUT2D eigenvalue weighted by Gasteiger charge is -2.30. The van der Waals surface area contributed by atoms with Gasteiger partial charge in [-0.2, -0.15) is 0 Å². The maximum Gasteiger partial charge on any atom is 0.309 e. The van der Waals surface area contributed by atoms with Crippen LogP contribution in [0, 0.1) is 11.8 Å². The molecule has 0 spiro atoms. The third kappa shape index (κ3) is 7.63. The van der Waals surface area contributed by atoms with Gasteiger partial charge in [-0.3, -0.25) is 19.2 Å². The highest BCUT2D eigenvalue weighted by molar-refractivity contribution is 5.83. The summed E-state index contributed by atoms with van der Waals surface area (Å²) in [6.07, 6.45) is 4.84. The van der Waals surface area contributed by atoms with Crippen LogP contribution in [0.4, 0.5) is 0 Å². The maximum absolute atomic E-state index is 13.0. The van der Waals surface area contributed by atoms with Crippen LogP contribution in [0.25, 0.3) is 0 Å². The van der Waals surface area contributed by atoms with Crippen molar-refractivity contribution < 1.29 is 42.9 Å². The molecule has 0 radical (unpaired) electrons. The molecular weight excluding hydrogens is 492 g/mol. The van der Waals surface area contributed by atoms with Gasteiger partial charge in [0.05, 0.1) is 60.2 Å². The zero-order valence-electron chi connectivity index (χ0n) is 24.1. The molecule has 0 aromatic heterocycles. The van der Waals surface area contributed by atoms with Crippen molar-refractivity contribution in [2.24, 2.45) is 11.8 Å². The minimum absolute atomic E-state index is 0.00583.